The van der Waals surface area contributed by atoms with Gasteiger partial charge in [-0.1, -0.05) is 42.5 Å². The molecule has 1 N–H and O–H groups in total. The molecule has 0 atom stereocenters. The van der Waals surface area contributed by atoms with Crippen molar-refractivity contribution >= 4 is 22.6 Å². The molecule has 1 aliphatic carbocycles. The Hall–Kier alpha value is -2.88. The summed E-state index contributed by atoms with van der Waals surface area (Å²) in [6, 6.07) is 14.8. The zero-order valence-electron chi connectivity index (χ0n) is 16.3. The Labute approximate surface area is 165 Å². The number of hydrogen-bond donors (Lipinski definition) is 1. The summed E-state index contributed by atoms with van der Waals surface area (Å²) in [5.41, 5.74) is 6.97. The molecule has 0 saturated heterocycles. The van der Waals surface area contributed by atoms with Crippen LogP contribution in [0.4, 0.5) is 0 Å². The van der Waals surface area contributed by atoms with E-state index in [1.807, 2.05) is 0 Å². The summed E-state index contributed by atoms with van der Waals surface area (Å²) in [4.78, 5) is 15.8. The Bertz CT molecular complexity index is 1000. The van der Waals surface area contributed by atoms with Gasteiger partial charge in [0.25, 0.3) is 0 Å². The molecule has 1 aliphatic rings. The Morgan fingerprint density at radius 3 is 2.75 bits per heavy atom. The number of amides is 1. The predicted octanol–water partition coefficient (Wildman–Crippen LogP) is 4.86. The number of carbonyl (C=O) groups excluding carboxylic acids is 1. The molecule has 0 bridgehead atoms. The molecule has 4 rings (SSSR count). The highest BCUT2D eigenvalue weighted by molar-refractivity contribution is 5.91. The van der Waals surface area contributed by atoms with Gasteiger partial charge in [-0.15, -0.1) is 0 Å². The summed E-state index contributed by atoms with van der Waals surface area (Å²) in [7, 11) is 0. The third-order valence-corrected chi connectivity index (χ3v) is 5.32. The van der Waals surface area contributed by atoms with Gasteiger partial charge in [0.2, 0.25) is 5.91 Å². The van der Waals surface area contributed by atoms with Crippen molar-refractivity contribution in [2.24, 2.45) is 0 Å². The molecule has 4 heteroatoms. The third-order valence-electron chi connectivity index (χ3n) is 5.32. The van der Waals surface area contributed by atoms with Gasteiger partial charge in [-0.3, -0.25) is 4.79 Å². The molecule has 3 aromatic rings. The van der Waals surface area contributed by atoms with Crippen molar-refractivity contribution in [3.05, 3.63) is 71.1 Å². The lowest BCUT2D eigenvalue weighted by Gasteiger charge is -2.03. The van der Waals surface area contributed by atoms with Crippen LogP contribution in [-0.2, 0) is 24.1 Å². The molecule has 0 aliphatic heterocycles. The SMILES string of the molecule is CC(=O)NC/C=C1/CCc2ccc3nc(CCCCc4ccccc4)oc3c21. The maximum atomic E-state index is 11.1. The second-order valence-corrected chi connectivity index (χ2v) is 7.41. The summed E-state index contributed by atoms with van der Waals surface area (Å²) in [6.45, 7) is 2.10. The first-order chi connectivity index (χ1) is 13.7. The van der Waals surface area contributed by atoms with E-state index in [0.29, 0.717) is 6.54 Å². The maximum absolute atomic E-state index is 11.1. The van der Waals surface area contributed by atoms with Crippen molar-refractivity contribution in [2.75, 3.05) is 6.54 Å². The molecule has 2 aromatic carbocycles. The summed E-state index contributed by atoms with van der Waals surface area (Å²) < 4.78 is 6.18. The fourth-order valence-corrected chi connectivity index (χ4v) is 3.91. The van der Waals surface area contributed by atoms with E-state index < -0.39 is 0 Å². The molecule has 1 heterocycles. The van der Waals surface area contributed by atoms with E-state index >= 15 is 0 Å². The molecule has 144 valence electrons. The molecular weight excluding hydrogens is 348 g/mol. The second-order valence-electron chi connectivity index (χ2n) is 7.41. The Balaban J connectivity index is 1.45. The molecular formula is C24H26N2O2. The number of aromatic nitrogens is 1. The predicted molar refractivity (Wildman–Crippen MR) is 112 cm³/mol. The van der Waals surface area contributed by atoms with Crippen LogP contribution in [0.2, 0.25) is 0 Å². The van der Waals surface area contributed by atoms with Crippen molar-refractivity contribution < 1.29 is 9.21 Å². The lowest BCUT2D eigenvalue weighted by molar-refractivity contribution is -0.118. The van der Waals surface area contributed by atoms with Crippen LogP contribution < -0.4 is 5.32 Å². The summed E-state index contributed by atoms with van der Waals surface area (Å²) in [6.07, 6.45) is 8.26. The molecule has 0 unspecified atom stereocenters. The molecule has 1 amide bonds. The topological polar surface area (TPSA) is 55.1 Å². The average Bonchev–Trinajstić information content (AvgIpc) is 3.29. The van der Waals surface area contributed by atoms with Gasteiger partial charge in [0, 0.05) is 25.5 Å². The number of rotatable bonds is 7. The monoisotopic (exact) mass is 374 g/mol. The molecule has 1 aromatic heterocycles. The normalized spacial score (nSPS) is 14.5. The second kappa shape index (κ2) is 8.42. The van der Waals surface area contributed by atoms with Crippen LogP contribution in [0.3, 0.4) is 0 Å². The molecule has 4 nitrogen and oxygen atoms in total. The van der Waals surface area contributed by atoms with E-state index in [1.165, 1.54) is 22.3 Å². The van der Waals surface area contributed by atoms with Crippen molar-refractivity contribution in [1.82, 2.24) is 10.3 Å². The minimum Gasteiger partial charge on any atom is -0.440 e. The first-order valence-electron chi connectivity index (χ1n) is 10.1. The molecule has 0 radical (unpaired) electrons. The van der Waals surface area contributed by atoms with Gasteiger partial charge >= 0.3 is 0 Å². The van der Waals surface area contributed by atoms with Crippen LogP contribution in [0.15, 0.2) is 53.0 Å². The highest BCUT2D eigenvalue weighted by Gasteiger charge is 2.22. The highest BCUT2D eigenvalue weighted by atomic mass is 16.3. The summed E-state index contributed by atoms with van der Waals surface area (Å²) >= 11 is 0. The van der Waals surface area contributed by atoms with Gasteiger partial charge in [-0.2, -0.15) is 0 Å². The standard InChI is InChI=1S/C24H26N2O2/c1-17(27)25-16-15-20-12-11-19-13-14-21-24(23(19)20)28-22(26-21)10-6-5-9-18-7-3-2-4-8-18/h2-4,7-8,13-15H,5-6,9-12,16H2,1H3,(H,25,27)/b20-15-. The molecule has 28 heavy (non-hydrogen) atoms. The van der Waals surface area contributed by atoms with E-state index in [0.717, 1.165) is 55.5 Å². The fourth-order valence-electron chi connectivity index (χ4n) is 3.91. The number of oxazole rings is 1. The number of nitrogens with zero attached hydrogens (tertiary/aromatic N) is 1. The number of nitrogens with one attached hydrogen (secondary N) is 1. The van der Waals surface area contributed by atoms with E-state index in [-0.39, 0.29) is 5.91 Å². The van der Waals surface area contributed by atoms with Crippen LogP contribution in [-0.4, -0.2) is 17.4 Å². The Morgan fingerprint density at radius 1 is 1.11 bits per heavy atom. The Kier molecular flexibility index (Phi) is 5.56. The number of fused-ring (bicyclic) bond motifs is 3. The van der Waals surface area contributed by atoms with Gasteiger partial charge in [-0.05, 0) is 54.9 Å². The van der Waals surface area contributed by atoms with Gasteiger partial charge in [-0.25, -0.2) is 4.98 Å². The van der Waals surface area contributed by atoms with E-state index in [1.54, 1.807) is 6.92 Å². The minimum absolute atomic E-state index is 0.00858. The van der Waals surface area contributed by atoms with Crippen LogP contribution >= 0.6 is 0 Å². The maximum Gasteiger partial charge on any atom is 0.217 e. The molecule has 0 saturated carbocycles. The largest absolute Gasteiger partial charge is 0.440 e. The summed E-state index contributed by atoms with van der Waals surface area (Å²) in [5.74, 6) is 0.815. The summed E-state index contributed by atoms with van der Waals surface area (Å²) in [5, 5.41) is 2.84. The fraction of sp³-hybridized carbons (Fsp3) is 0.333. The molecule has 0 fully saturated rings. The number of unbranched alkanes of at least 4 members (excludes halogenated alkanes) is 1. The smallest absolute Gasteiger partial charge is 0.217 e. The van der Waals surface area contributed by atoms with Crippen LogP contribution in [0, 0.1) is 0 Å². The van der Waals surface area contributed by atoms with Crippen molar-refractivity contribution in [1.29, 1.82) is 0 Å². The first kappa shape index (κ1) is 18.5. The van der Waals surface area contributed by atoms with Gasteiger partial charge in [0.1, 0.15) is 5.52 Å². The lowest BCUT2D eigenvalue weighted by Crippen LogP contribution is -2.19. The third kappa shape index (κ3) is 4.16. The van der Waals surface area contributed by atoms with Gasteiger partial charge < -0.3 is 9.73 Å². The van der Waals surface area contributed by atoms with Crippen LogP contribution in [0.5, 0.6) is 0 Å². The highest BCUT2D eigenvalue weighted by Crippen LogP contribution is 2.38. The number of benzene rings is 2. The zero-order chi connectivity index (χ0) is 19.3. The zero-order valence-corrected chi connectivity index (χ0v) is 16.3. The van der Waals surface area contributed by atoms with Crippen molar-refractivity contribution in [3.63, 3.8) is 0 Å². The van der Waals surface area contributed by atoms with Crippen molar-refractivity contribution in [3.8, 4) is 0 Å². The van der Waals surface area contributed by atoms with E-state index in [9.17, 15) is 4.79 Å². The van der Waals surface area contributed by atoms with Crippen LogP contribution in [0.1, 0.15) is 48.8 Å². The van der Waals surface area contributed by atoms with Gasteiger partial charge in [0.15, 0.2) is 11.5 Å². The number of carbonyl (C=O) groups is 1. The van der Waals surface area contributed by atoms with E-state index in [2.05, 4.69) is 53.9 Å². The van der Waals surface area contributed by atoms with Crippen molar-refractivity contribution in [2.45, 2.75) is 45.4 Å². The number of hydrogen-bond acceptors (Lipinski definition) is 3. The number of aryl methyl sites for hydroxylation is 3. The minimum atomic E-state index is -0.00858. The average molecular weight is 374 g/mol. The lowest BCUT2D eigenvalue weighted by atomic mass is 10.1. The number of allylic oxidation sites excluding steroid dienone is 1. The first-order valence-corrected chi connectivity index (χ1v) is 10.1. The van der Waals surface area contributed by atoms with Crippen LogP contribution in [0.25, 0.3) is 16.7 Å². The molecule has 0 spiro atoms. The quantitative estimate of drug-likeness (QED) is 0.601. The van der Waals surface area contributed by atoms with E-state index in [4.69, 9.17) is 9.40 Å². The van der Waals surface area contributed by atoms with Gasteiger partial charge in [0.05, 0.1) is 0 Å². The Morgan fingerprint density at radius 2 is 1.93 bits per heavy atom.